The van der Waals surface area contributed by atoms with E-state index in [1.165, 1.54) is 17.5 Å². The Bertz CT molecular complexity index is 740. The number of carboxylic acids is 1. The molecule has 0 fully saturated rings. The fourth-order valence-corrected chi connectivity index (χ4v) is 3.22. The second-order valence-corrected chi connectivity index (χ2v) is 6.53. The van der Waals surface area contributed by atoms with E-state index >= 15 is 0 Å². The molecular formula is C13H15N3O4S. The first-order valence-electron chi connectivity index (χ1n) is 6.13. The molecule has 0 spiro atoms. The van der Waals surface area contributed by atoms with Crippen molar-refractivity contribution in [2.75, 3.05) is 7.05 Å². The van der Waals surface area contributed by atoms with Crippen molar-refractivity contribution in [1.29, 1.82) is 0 Å². The molecule has 7 nitrogen and oxygen atoms in total. The Morgan fingerprint density at radius 1 is 1.38 bits per heavy atom. The molecule has 2 heterocycles. The highest BCUT2D eigenvalue weighted by Crippen LogP contribution is 2.25. The number of nitrogens with one attached hydrogen (secondary N) is 1. The Kier molecular flexibility index (Phi) is 4.10. The van der Waals surface area contributed by atoms with E-state index in [-0.39, 0.29) is 10.6 Å². The van der Waals surface area contributed by atoms with Crippen LogP contribution in [-0.4, -0.2) is 40.8 Å². The van der Waals surface area contributed by atoms with Crippen LogP contribution in [0.25, 0.3) is 0 Å². The van der Waals surface area contributed by atoms with E-state index < -0.39 is 22.0 Å². The number of hydrogen-bond donors (Lipinski definition) is 2. The van der Waals surface area contributed by atoms with Crippen molar-refractivity contribution in [2.24, 2.45) is 0 Å². The fraction of sp³-hybridized carbons (Fsp3) is 0.231. The summed E-state index contributed by atoms with van der Waals surface area (Å²) in [7, 11) is -2.33. The van der Waals surface area contributed by atoms with Gasteiger partial charge in [0.2, 0.25) is 10.0 Å². The number of pyridine rings is 1. The Morgan fingerprint density at radius 3 is 2.52 bits per heavy atom. The lowest BCUT2D eigenvalue weighted by molar-refractivity contribution is 0.0691. The third-order valence-corrected chi connectivity index (χ3v) is 5.20. The van der Waals surface area contributed by atoms with Gasteiger partial charge in [-0.25, -0.2) is 13.2 Å². The van der Waals surface area contributed by atoms with Crippen LogP contribution < -0.4 is 0 Å². The molecule has 21 heavy (non-hydrogen) atoms. The van der Waals surface area contributed by atoms with Gasteiger partial charge in [0.05, 0.1) is 0 Å². The first-order valence-corrected chi connectivity index (χ1v) is 7.57. The lowest BCUT2D eigenvalue weighted by atomic mass is 10.1. The average Bonchev–Trinajstić information content (AvgIpc) is 2.97. The van der Waals surface area contributed by atoms with Gasteiger partial charge in [-0.05, 0) is 30.7 Å². The molecule has 0 aliphatic heterocycles. The summed E-state index contributed by atoms with van der Waals surface area (Å²) in [4.78, 5) is 17.1. The van der Waals surface area contributed by atoms with E-state index in [0.717, 1.165) is 11.6 Å². The number of aromatic carboxylic acids is 1. The maximum atomic E-state index is 12.5. The predicted molar refractivity (Wildman–Crippen MR) is 75.4 cm³/mol. The maximum Gasteiger partial charge on any atom is 0.352 e. The molecule has 0 aliphatic carbocycles. The van der Waals surface area contributed by atoms with E-state index in [9.17, 15) is 13.2 Å². The average molecular weight is 309 g/mol. The minimum absolute atomic E-state index is 0.0803. The minimum atomic E-state index is -3.78. The predicted octanol–water partition coefficient (Wildman–Crippen LogP) is 1.49. The summed E-state index contributed by atoms with van der Waals surface area (Å²) in [6.07, 6.45) is 4.35. The molecule has 0 amide bonds. The standard InChI is InChI=1S/C13H15N3O4S/c1-9(10-3-5-14-6-4-10)16(2)21(19,20)11-7-12(13(17)18)15-8-11/h3-9,15H,1-2H3,(H,17,18). The smallest absolute Gasteiger partial charge is 0.352 e. The summed E-state index contributed by atoms with van der Waals surface area (Å²) in [6, 6.07) is 4.17. The molecule has 2 N–H and O–H groups in total. The normalized spacial score (nSPS) is 13.3. The largest absolute Gasteiger partial charge is 0.477 e. The monoisotopic (exact) mass is 309 g/mol. The summed E-state index contributed by atoms with van der Waals surface area (Å²) < 4.78 is 26.2. The Balaban J connectivity index is 2.32. The van der Waals surface area contributed by atoms with Gasteiger partial charge in [-0.3, -0.25) is 4.98 Å². The number of carbonyl (C=O) groups is 1. The van der Waals surface area contributed by atoms with Crippen LogP contribution >= 0.6 is 0 Å². The molecule has 0 radical (unpaired) electrons. The van der Waals surface area contributed by atoms with Crippen LogP contribution in [0.5, 0.6) is 0 Å². The zero-order chi connectivity index (χ0) is 15.6. The van der Waals surface area contributed by atoms with Crippen molar-refractivity contribution < 1.29 is 18.3 Å². The van der Waals surface area contributed by atoms with Gasteiger partial charge >= 0.3 is 5.97 Å². The van der Waals surface area contributed by atoms with E-state index in [4.69, 9.17) is 5.11 Å². The highest BCUT2D eigenvalue weighted by atomic mass is 32.2. The molecule has 0 saturated carbocycles. The molecule has 0 bridgehead atoms. The first kappa shape index (κ1) is 15.2. The van der Waals surface area contributed by atoms with E-state index in [2.05, 4.69) is 9.97 Å². The van der Waals surface area contributed by atoms with E-state index in [1.807, 2.05) is 0 Å². The Hall–Kier alpha value is -2.19. The van der Waals surface area contributed by atoms with Crippen molar-refractivity contribution in [2.45, 2.75) is 17.9 Å². The topological polar surface area (TPSA) is 103 Å². The first-order chi connectivity index (χ1) is 9.84. The summed E-state index contributed by atoms with van der Waals surface area (Å²) in [5.41, 5.74) is 0.628. The van der Waals surface area contributed by atoms with Gasteiger partial charge in [0.15, 0.2) is 0 Å². The summed E-state index contributed by atoms with van der Waals surface area (Å²) in [6.45, 7) is 1.75. The molecule has 1 atom stereocenters. The van der Waals surface area contributed by atoms with Crippen molar-refractivity contribution in [3.8, 4) is 0 Å². The van der Waals surface area contributed by atoms with Crippen LogP contribution in [0.15, 0.2) is 41.7 Å². The maximum absolute atomic E-state index is 12.5. The van der Waals surface area contributed by atoms with Crippen LogP contribution in [0, 0.1) is 0 Å². The van der Waals surface area contributed by atoms with Gasteiger partial charge in [-0.2, -0.15) is 4.31 Å². The summed E-state index contributed by atoms with van der Waals surface area (Å²) in [5, 5.41) is 8.84. The highest BCUT2D eigenvalue weighted by Gasteiger charge is 2.27. The molecule has 0 saturated heterocycles. The van der Waals surface area contributed by atoms with Gasteiger partial charge in [-0.1, -0.05) is 0 Å². The van der Waals surface area contributed by atoms with Crippen molar-refractivity contribution in [1.82, 2.24) is 14.3 Å². The summed E-state index contributed by atoms with van der Waals surface area (Å²) in [5.74, 6) is -1.21. The van der Waals surface area contributed by atoms with Gasteiger partial charge in [0.25, 0.3) is 0 Å². The zero-order valence-corrected chi connectivity index (χ0v) is 12.3. The SMILES string of the molecule is CC(c1ccncc1)N(C)S(=O)(=O)c1c[nH]c(C(=O)O)c1. The lowest BCUT2D eigenvalue weighted by Crippen LogP contribution is -2.29. The quantitative estimate of drug-likeness (QED) is 0.871. The minimum Gasteiger partial charge on any atom is -0.477 e. The molecular weight excluding hydrogens is 294 g/mol. The Morgan fingerprint density at radius 2 is 2.00 bits per heavy atom. The third kappa shape index (κ3) is 2.96. The third-order valence-electron chi connectivity index (χ3n) is 3.30. The number of aromatic nitrogens is 2. The van der Waals surface area contributed by atoms with Crippen LogP contribution in [0.2, 0.25) is 0 Å². The number of nitrogens with zero attached hydrogens (tertiary/aromatic N) is 2. The van der Waals surface area contributed by atoms with Crippen LogP contribution in [0.3, 0.4) is 0 Å². The molecule has 0 aliphatic rings. The Labute approximate surface area is 122 Å². The van der Waals surface area contributed by atoms with E-state index in [1.54, 1.807) is 31.5 Å². The summed E-state index contributed by atoms with van der Waals surface area (Å²) >= 11 is 0. The second kappa shape index (κ2) is 5.66. The fourth-order valence-electron chi connectivity index (χ4n) is 1.87. The molecule has 2 rings (SSSR count). The lowest BCUT2D eigenvalue weighted by Gasteiger charge is -2.23. The van der Waals surface area contributed by atoms with Crippen molar-refractivity contribution in [3.63, 3.8) is 0 Å². The number of aromatic amines is 1. The van der Waals surface area contributed by atoms with Gasteiger partial charge in [0, 0.05) is 31.7 Å². The molecule has 112 valence electrons. The number of hydrogen-bond acceptors (Lipinski definition) is 4. The second-order valence-electron chi connectivity index (χ2n) is 4.53. The molecule has 2 aromatic rings. The highest BCUT2D eigenvalue weighted by molar-refractivity contribution is 7.89. The molecule has 0 aromatic carbocycles. The van der Waals surface area contributed by atoms with Crippen LogP contribution in [0.1, 0.15) is 29.0 Å². The number of H-pyrrole nitrogens is 1. The molecule has 2 aromatic heterocycles. The van der Waals surface area contributed by atoms with Gasteiger partial charge < -0.3 is 10.1 Å². The van der Waals surface area contributed by atoms with Gasteiger partial charge in [-0.15, -0.1) is 0 Å². The molecule has 8 heteroatoms. The van der Waals surface area contributed by atoms with Crippen LogP contribution in [-0.2, 0) is 10.0 Å². The number of rotatable bonds is 5. The number of sulfonamides is 1. The molecule has 1 unspecified atom stereocenters. The van der Waals surface area contributed by atoms with Gasteiger partial charge in [0.1, 0.15) is 10.6 Å². The van der Waals surface area contributed by atoms with Crippen molar-refractivity contribution in [3.05, 3.63) is 48.0 Å². The zero-order valence-electron chi connectivity index (χ0n) is 11.5. The van der Waals surface area contributed by atoms with Crippen molar-refractivity contribution >= 4 is 16.0 Å². The van der Waals surface area contributed by atoms with E-state index in [0.29, 0.717) is 0 Å². The van der Waals surface area contributed by atoms with Crippen LogP contribution in [0.4, 0.5) is 0 Å². The number of carboxylic acid groups (broad SMARTS) is 1.